The van der Waals surface area contributed by atoms with Gasteiger partial charge in [-0.1, -0.05) is 41.7 Å². The fraction of sp³-hybridized carbons (Fsp3) is 0.238. The van der Waals surface area contributed by atoms with E-state index in [0.717, 1.165) is 31.1 Å². The topological polar surface area (TPSA) is 57.7 Å². The molecule has 1 unspecified atom stereocenters. The molecule has 1 aromatic heterocycles. The summed E-state index contributed by atoms with van der Waals surface area (Å²) in [6.07, 6.45) is -3.35. The maximum absolute atomic E-state index is 13.2. The Bertz CT molecular complexity index is 1070. The average Bonchev–Trinajstić information content (AvgIpc) is 3.18. The number of ether oxygens (including phenoxy) is 3. The minimum atomic E-state index is -4.79. The van der Waals surface area contributed by atoms with Crippen molar-refractivity contribution in [3.63, 3.8) is 0 Å². The highest BCUT2D eigenvalue weighted by atomic mass is 32.1. The molecule has 0 radical (unpaired) electrons. The quantitative estimate of drug-likeness (QED) is 0.484. The van der Waals surface area contributed by atoms with E-state index in [-0.39, 0.29) is 11.3 Å². The van der Waals surface area contributed by atoms with Gasteiger partial charge in [0.05, 0.1) is 7.11 Å². The fourth-order valence-corrected chi connectivity index (χ4v) is 4.07. The van der Waals surface area contributed by atoms with E-state index >= 15 is 0 Å². The van der Waals surface area contributed by atoms with Gasteiger partial charge >= 0.3 is 12.1 Å². The number of esters is 1. The van der Waals surface area contributed by atoms with Crippen LogP contribution < -0.4 is 9.47 Å². The van der Waals surface area contributed by atoms with E-state index in [9.17, 15) is 18.0 Å². The van der Waals surface area contributed by atoms with Gasteiger partial charge in [-0.2, -0.15) is 18.2 Å². The average molecular weight is 435 g/mol. The minimum absolute atomic E-state index is 0.0543. The molecule has 0 saturated heterocycles. The summed E-state index contributed by atoms with van der Waals surface area (Å²) in [7, 11) is 1.01. The molecule has 2 heterocycles. The van der Waals surface area contributed by atoms with Crippen LogP contribution in [0.4, 0.5) is 13.2 Å². The van der Waals surface area contributed by atoms with Gasteiger partial charge in [-0.25, -0.2) is 4.79 Å². The van der Waals surface area contributed by atoms with Crippen LogP contribution in [0.3, 0.4) is 0 Å². The summed E-state index contributed by atoms with van der Waals surface area (Å²) in [5, 5.41) is -0.290. The standard InChI is InChI=1S/C21H16F3NO4S/c1-27-19(26)17-18(21(22,23)24)25-20(30-17)28-14-8-10-16-13(11-14)7-9-15(29-16)12-5-3-2-4-6-12/h2-6,8,10-11,15H,7,9H2,1H3. The van der Waals surface area contributed by atoms with Gasteiger partial charge in [-0.05, 0) is 42.2 Å². The highest BCUT2D eigenvalue weighted by Gasteiger charge is 2.40. The van der Waals surface area contributed by atoms with Gasteiger partial charge in [0.25, 0.3) is 5.19 Å². The molecule has 1 aliphatic rings. The Morgan fingerprint density at radius 3 is 2.67 bits per heavy atom. The zero-order valence-corrected chi connectivity index (χ0v) is 16.5. The van der Waals surface area contributed by atoms with Crippen molar-refractivity contribution in [2.45, 2.75) is 25.1 Å². The van der Waals surface area contributed by atoms with Crippen LogP contribution in [-0.2, 0) is 17.3 Å². The number of fused-ring (bicyclic) bond motifs is 1. The number of alkyl halides is 3. The van der Waals surface area contributed by atoms with Crippen molar-refractivity contribution in [1.29, 1.82) is 0 Å². The Morgan fingerprint density at radius 1 is 1.20 bits per heavy atom. The first-order chi connectivity index (χ1) is 14.3. The maximum Gasteiger partial charge on any atom is 0.435 e. The molecular formula is C21H16F3NO4S. The number of thiazole rings is 1. The van der Waals surface area contributed by atoms with E-state index in [2.05, 4.69) is 9.72 Å². The van der Waals surface area contributed by atoms with Crippen molar-refractivity contribution >= 4 is 17.3 Å². The van der Waals surface area contributed by atoms with E-state index in [1.165, 1.54) is 0 Å². The van der Waals surface area contributed by atoms with Gasteiger partial charge in [0, 0.05) is 0 Å². The summed E-state index contributed by atoms with van der Waals surface area (Å²) in [4.78, 5) is 14.5. The number of aryl methyl sites for hydroxylation is 1. The van der Waals surface area contributed by atoms with E-state index < -0.39 is 22.7 Å². The molecule has 3 aromatic rings. The third-order valence-corrected chi connectivity index (χ3v) is 5.51. The van der Waals surface area contributed by atoms with Crippen LogP contribution >= 0.6 is 11.3 Å². The number of methoxy groups -OCH3 is 1. The van der Waals surface area contributed by atoms with Crippen molar-refractivity contribution in [2.75, 3.05) is 7.11 Å². The Kier molecular flexibility index (Phi) is 5.38. The van der Waals surface area contributed by atoms with Crippen LogP contribution in [0, 0.1) is 0 Å². The Hall–Kier alpha value is -3.07. The molecule has 4 rings (SSSR count). The summed E-state index contributed by atoms with van der Waals surface area (Å²) in [6.45, 7) is 0. The lowest BCUT2D eigenvalue weighted by Crippen LogP contribution is -2.15. The number of nitrogens with zero attached hydrogens (tertiary/aromatic N) is 1. The lowest BCUT2D eigenvalue weighted by molar-refractivity contribution is -0.141. The van der Waals surface area contributed by atoms with Crippen LogP contribution in [0.15, 0.2) is 48.5 Å². The minimum Gasteiger partial charge on any atom is -0.485 e. The zero-order valence-electron chi connectivity index (χ0n) is 15.7. The van der Waals surface area contributed by atoms with Gasteiger partial charge in [-0.3, -0.25) is 0 Å². The molecular weight excluding hydrogens is 419 g/mol. The van der Waals surface area contributed by atoms with Crippen molar-refractivity contribution in [1.82, 2.24) is 4.98 Å². The fourth-order valence-electron chi connectivity index (χ4n) is 3.20. The van der Waals surface area contributed by atoms with Crippen molar-refractivity contribution in [2.24, 2.45) is 0 Å². The summed E-state index contributed by atoms with van der Waals surface area (Å²) in [5.74, 6) is -0.0947. The number of halogens is 3. The summed E-state index contributed by atoms with van der Waals surface area (Å²) in [6, 6.07) is 14.9. The number of hydrogen-bond donors (Lipinski definition) is 0. The zero-order chi connectivity index (χ0) is 21.3. The molecule has 156 valence electrons. The van der Waals surface area contributed by atoms with Gasteiger partial charge in [-0.15, -0.1) is 0 Å². The summed E-state index contributed by atoms with van der Waals surface area (Å²) >= 11 is 0.490. The molecule has 9 heteroatoms. The van der Waals surface area contributed by atoms with E-state index in [1.54, 1.807) is 18.2 Å². The van der Waals surface area contributed by atoms with E-state index in [1.807, 2.05) is 30.3 Å². The van der Waals surface area contributed by atoms with Crippen LogP contribution in [0.25, 0.3) is 0 Å². The number of benzene rings is 2. The first-order valence-electron chi connectivity index (χ1n) is 9.04. The van der Waals surface area contributed by atoms with Crippen LogP contribution in [0.2, 0.25) is 0 Å². The molecule has 0 fully saturated rings. The monoisotopic (exact) mass is 435 g/mol. The smallest absolute Gasteiger partial charge is 0.435 e. The van der Waals surface area contributed by atoms with Crippen LogP contribution in [0.1, 0.15) is 39.0 Å². The van der Waals surface area contributed by atoms with E-state index in [0.29, 0.717) is 22.8 Å². The first-order valence-corrected chi connectivity index (χ1v) is 9.85. The Labute approximate surface area is 174 Å². The molecule has 0 spiro atoms. The van der Waals surface area contributed by atoms with Crippen molar-refractivity contribution in [3.05, 3.63) is 70.2 Å². The lowest BCUT2D eigenvalue weighted by Gasteiger charge is -2.26. The largest absolute Gasteiger partial charge is 0.485 e. The molecule has 0 amide bonds. The molecule has 1 aliphatic heterocycles. The van der Waals surface area contributed by atoms with Gasteiger partial charge in [0.2, 0.25) is 0 Å². The van der Waals surface area contributed by atoms with Crippen LogP contribution in [-0.4, -0.2) is 18.1 Å². The number of rotatable bonds is 4. The normalized spacial score (nSPS) is 15.8. The predicted molar refractivity (Wildman–Crippen MR) is 103 cm³/mol. The summed E-state index contributed by atoms with van der Waals surface area (Å²) in [5.41, 5.74) is 0.656. The highest BCUT2D eigenvalue weighted by Crippen LogP contribution is 2.41. The Morgan fingerprint density at radius 2 is 1.97 bits per heavy atom. The molecule has 5 nitrogen and oxygen atoms in total. The van der Waals surface area contributed by atoms with Gasteiger partial charge < -0.3 is 14.2 Å². The molecule has 2 aromatic carbocycles. The molecule has 0 N–H and O–H groups in total. The molecule has 0 bridgehead atoms. The first kappa shape index (κ1) is 20.2. The summed E-state index contributed by atoms with van der Waals surface area (Å²) < 4.78 is 55.5. The lowest BCUT2D eigenvalue weighted by atomic mass is 9.97. The van der Waals surface area contributed by atoms with Crippen molar-refractivity contribution < 1.29 is 32.2 Å². The SMILES string of the molecule is COC(=O)c1sc(Oc2ccc3c(c2)CCC(c2ccccc2)O3)nc1C(F)(F)F. The number of hydrogen-bond acceptors (Lipinski definition) is 6. The number of carbonyl (C=O) groups is 1. The Balaban J connectivity index is 1.55. The van der Waals surface area contributed by atoms with Gasteiger partial charge in [0.15, 0.2) is 5.69 Å². The second kappa shape index (κ2) is 7.98. The maximum atomic E-state index is 13.2. The third-order valence-electron chi connectivity index (χ3n) is 4.60. The molecule has 1 atom stereocenters. The molecule has 0 aliphatic carbocycles. The van der Waals surface area contributed by atoms with Crippen molar-refractivity contribution in [3.8, 4) is 16.7 Å². The number of aromatic nitrogens is 1. The third kappa shape index (κ3) is 4.11. The van der Waals surface area contributed by atoms with Crippen LogP contribution in [0.5, 0.6) is 16.7 Å². The highest BCUT2D eigenvalue weighted by molar-refractivity contribution is 7.15. The number of carbonyl (C=O) groups excluding carboxylic acids is 1. The second-order valence-electron chi connectivity index (χ2n) is 6.57. The van der Waals surface area contributed by atoms with E-state index in [4.69, 9.17) is 9.47 Å². The molecule has 0 saturated carbocycles. The van der Waals surface area contributed by atoms with Gasteiger partial charge in [0.1, 0.15) is 22.5 Å². The molecule has 30 heavy (non-hydrogen) atoms. The second-order valence-corrected chi connectivity index (χ2v) is 7.54. The predicted octanol–water partition coefficient (Wildman–Crippen LogP) is 5.81.